The maximum atomic E-state index is 13.3. The fraction of sp³-hybridized carbons (Fsp3) is 0.417. The number of aromatic hydroxyl groups is 1. The van der Waals surface area contributed by atoms with Gasteiger partial charge in [-0.25, -0.2) is 4.39 Å². The largest absolute Gasteiger partial charge is 0.505 e. The quantitative estimate of drug-likeness (QED) is 0.825. The lowest BCUT2D eigenvalue weighted by atomic mass is 9.95. The number of phenols is 1. The third-order valence-corrected chi connectivity index (χ3v) is 2.35. The van der Waals surface area contributed by atoms with Crippen molar-refractivity contribution in [2.45, 2.75) is 26.3 Å². The van der Waals surface area contributed by atoms with Crippen LogP contribution in [0.1, 0.15) is 37.4 Å². The lowest BCUT2D eigenvalue weighted by molar-refractivity contribution is 0.411. The molecule has 1 aromatic rings. The molecule has 0 heterocycles. The van der Waals surface area contributed by atoms with Crippen molar-refractivity contribution in [3.8, 4) is 11.8 Å². The maximum absolute atomic E-state index is 13.3. The summed E-state index contributed by atoms with van der Waals surface area (Å²) >= 11 is 0. The Balaban J connectivity index is 3.12. The molecule has 0 aliphatic heterocycles. The first-order valence-corrected chi connectivity index (χ1v) is 5.13. The minimum atomic E-state index is -0.798. The fourth-order valence-corrected chi connectivity index (χ4v) is 1.60. The standard InChI is InChI=1S/C12H15FN2O/c1-7(2)3-11(15)9-4-8(6-14)5-10(13)12(9)16/h4-5,7,11,16H,3,15H2,1-2H3/t11-/m1/s1. The van der Waals surface area contributed by atoms with Gasteiger partial charge in [0.05, 0.1) is 11.6 Å². The molecule has 86 valence electrons. The maximum Gasteiger partial charge on any atom is 0.166 e. The number of benzene rings is 1. The Hall–Kier alpha value is -1.60. The van der Waals surface area contributed by atoms with Crippen LogP contribution in [-0.2, 0) is 0 Å². The first-order valence-electron chi connectivity index (χ1n) is 5.13. The first-order chi connectivity index (χ1) is 7.45. The van der Waals surface area contributed by atoms with Crippen molar-refractivity contribution in [1.29, 1.82) is 5.26 Å². The lowest BCUT2D eigenvalue weighted by Gasteiger charge is -2.16. The second-order valence-electron chi connectivity index (χ2n) is 4.24. The van der Waals surface area contributed by atoms with Crippen molar-refractivity contribution in [1.82, 2.24) is 0 Å². The summed E-state index contributed by atoms with van der Waals surface area (Å²) in [4.78, 5) is 0. The number of nitrogens with two attached hydrogens (primary N) is 1. The molecule has 1 aromatic carbocycles. The Kier molecular flexibility index (Phi) is 3.86. The van der Waals surface area contributed by atoms with Gasteiger partial charge in [-0.3, -0.25) is 0 Å². The summed E-state index contributed by atoms with van der Waals surface area (Å²) in [7, 11) is 0. The van der Waals surface area contributed by atoms with E-state index in [0.29, 0.717) is 17.9 Å². The van der Waals surface area contributed by atoms with E-state index in [0.717, 1.165) is 6.07 Å². The number of halogens is 1. The molecule has 0 unspecified atom stereocenters. The molecule has 3 nitrogen and oxygen atoms in total. The normalized spacial score (nSPS) is 12.5. The second kappa shape index (κ2) is 4.95. The zero-order valence-corrected chi connectivity index (χ0v) is 9.37. The summed E-state index contributed by atoms with van der Waals surface area (Å²) in [5, 5.41) is 18.2. The molecule has 0 bridgehead atoms. The van der Waals surface area contributed by atoms with E-state index in [9.17, 15) is 9.50 Å². The molecule has 0 aliphatic carbocycles. The Morgan fingerprint density at radius 3 is 2.62 bits per heavy atom. The predicted octanol–water partition coefficient (Wildman–Crippen LogP) is 2.45. The molecule has 1 atom stereocenters. The molecule has 0 saturated carbocycles. The molecule has 0 spiro atoms. The Morgan fingerprint density at radius 1 is 1.50 bits per heavy atom. The fourth-order valence-electron chi connectivity index (χ4n) is 1.60. The van der Waals surface area contributed by atoms with Crippen molar-refractivity contribution in [3.63, 3.8) is 0 Å². The number of rotatable bonds is 3. The number of nitrogens with zero attached hydrogens (tertiary/aromatic N) is 1. The van der Waals surface area contributed by atoms with Crippen LogP contribution in [-0.4, -0.2) is 5.11 Å². The van der Waals surface area contributed by atoms with Crippen LogP contribution in [0.3, 0.4) is 0 Å². The molecule has 3 N–H and O–H groups in total. The minimum absolute atomic E-state index is 0.171. The SMILES string of the molecule is CC(C)C[C@@H](N)c1cc(C#N)cc(F)c1O. The molecule has 1 rings (SSSR count). The second-order valence-corrected chi connectivity index (χ2v) is 4.24. The van der Waals surface area contributed by atoms with Gasteiger partial charge in [0.25, 0.3) is 0 Å². The molecule has 0 radical (unpaired) electrons. The third-order valence-electron chi connectivity index (χ3n) is 2.35. The Labute approximate surface area is 94.3 Å². The highest BCUT2D eigenvalue weighted by Crippen LogP contribution is 2.30. The smallest absolute Gasteiger partial charge is 0.166 e. The molecule has 0 saturated heterocycles. The predicted molar refractivity (Wildman–Crippen MR) is 59.2 cm³/mol. The van der Waals surface area contributed by atoms with Gasteiger partial charge in [0.15, 0.2) is 11.6 Å². The average Bonchev–Trinajstić information content (AvgIpc) is 2.20. The highest BCUT2D eigenvalue weighted by Gasteiger charge is 2.17. The van der Waals surface area contributed by atoms with Gasteiger partial charge in [-0.1, -0.05) is 13.8 Å². The summed E-state index contributed by atoms with van der Waals surface area (Å²) in [5.41, 5.74) is 6.32. The molecular weight excluding hydrogens is 207 g/mol. The molecule has 16 heavy (non-hydrogen) atoms. The van der Waals surface area contributed by atoms with E-state index in [1.165, 1.54) is 6.07 Å². The zero-order valence-electron chi connectivity index (χ0n) is 9.37. The van der Waals surface area contributed by atoms with Crippen LogP contribution >= 0.6 is 0 Å². The van der Waals surface area contributed by atoms with Gasteiger partial charge < -0.3 is 10.8 Å². The van der Waals surface area contributed by atoms with Crippen molar-refractivity contribution in [3.05, 3.63) is 29.1 Å². The lowest BCUT2D eigenvalue weighted by Crippen LogP contribution is -2.13. The van der Waals surface area contributed by atoms with Gasteiger partial charge in [0.1, 0.15) is 0 Å². The highest BCUT2D eigenvalue weighted by molar-refractivity contribution is 5.44. The topological polar surface area (TPSA) is 70.0 Å². The van der Waals surface area contributed by atoms with E-state index in [2.05, 4.69) is 0 Å². The third kappa shape index (κ3) is 2.71. The summed E-state index contributed by atoms with van der Waals surface area (Å²) in [6, 6.07) is 3.82. The monoisotopic (exact) mass is 222 g/mol. The van der Waals surface area contributed by atoms with Gasteiger partial charge >= 0.3 is 0 Å². The Bertz CT molecular complexity index is 424. The number of nitriles is 1. The van der Waals surface area contributed by atoms with Crippen LogP contribution in [0.2, 0.25) is 0 Å². The van der Waals surface area contributed by atoms with E-state index in [4.69, 9.17) is 11.0 Å². The molecule has 0 aromatic heterocycles. The van der Waals surface area contributed by atoms with Gasteiger partial charge in [-0.15, -0.1) is 0 Å². The zero-order chi connectivity index (χ0) is 12.3. The van der Waals surface area contributed by atoms with Crippen LogP contribution in [0.25, 0.3) is 0 Å². The van der Waals surface area contributed by atoms with E-state index < -0.39 is 17.6 Å². The molecular formula is C12H15FN2O. The average molecular weight is 222 g/mol. The molecule has 0 aliphatic rings. The van der Waals surface area contributed by atoms with Crippen molar-refractivity contribution in [2.24, 2.45) is 11.7 Å². The van der Waals surface area contributed by atoms with E-state index in [-0.39, 0.29) is 5.56 Å². The van der Waals surface area contributed by atoms with Gasteiger partial charge in [0.2, 0.25) is 0 Å². The molecule has 0 amide bonds. The Morgan fingerprint density at radius 2 is 2.12 bits per heavy atom. The summed E-state index contributed by atoms with van der Waals surface area (Å²) in [5.74, 6) is -0.913. The summed E-state index contributed by atoms with van der Waals surface area (Å²) < 4.78 is 13.3. The first kappa shape index (κ1) is 12.5. The van der Waals surface area contributed by atoms with Crippen LogP contribution in [0.4, 0.5) is 4.39 Å². The summed E-state index contributed by atoms with van der Waals surface area (Å²) in [6.07, 6.45) is 0.627. The van der Waals surface area contributed by atoms with Gasteiger partial charge in [-0.05, 0) is 24.5 Å². The molecule has 0 fully saturated rings. The van der Waals surface area contributed by atoms with Gasteiger partial charge in [0, 0.05) is 11.6 Å². The number of hydrogen-bond acceptors (Lipinski definition) is 3. The van der Waals surface area contributed by atoms with Crippen molar-refractivity contribution >= 4 is 0 Å². The van der Waals surface area contributed by atoms with Crippen molar-refractivity contribution in [2.75, 3.05) is 0 Å². The van der Waals surface area contributed by atoms with E-state index in [1.54, 1.807) is 0 Å². The van der Waals surface area contributed by atoms with E-state index in [1.807, 2.05) is 19.9 Å². The minimum Gasteiger partial charge on any atom is -0.505 e. The van der Waals surface area contributed by atoms with Crippen LogP contribution in [0.15, 0.2) is 12.1 Å². The molecule has 4 heteroatoms. The highest BCUT2D eigenvalue weighted by atomic mass is 19.1. The van der Waals surface area contributed by atoms with Crippen LogP contribution in [0, 0.1) is 23.1 Å². The van der Waals surface area contributed by atoms with Crippen LogP contribution < -0.4 is 5.73 Å². The van der Waals surface area contributed by atoms with Gasteiger partial charge in [-0.2, -0.15) is 5.26 Å². The summed E-state index contributed by atoms with van der Waals surface area (Å²) in [6.45, 7) is 3.98. The van der Waals surface area contributed by atoms with Crippen molar-refractivity contribution < 1.29 is 9.50 Å². The number of phenolic OH excluding ortho intramolecular Hbond substituents is 1. The van der Waals surface area contributed by atoms with Crippen LogP contribution in [0.5, 0.6) is 5.75 Å². The van der Waals surface area contributed by atoms with E-state index >= 15 is 0 Å². The number of hydrogen-bond donors (Lipinski definition) is 2.